The van der Waals surface area contributed by atoms with Crippen molar-refractivity contribution in [3.63, 3.8) is 0 Å². The fourth-order valence-electron chi connectivity index (χ4n) is 2.05. The van der Waals surface area contributed by atoms with Crippen molar-refractivity contribution >= 4 is 46.4 Å². The lowest BCUT2D eigenvalue weighted by Crippen LogP contribution is -2.27. The zero-order chi connectivity index (χ0) is 13.8. The van der Waals surface area contributed by atoms with E-state index < -0.39 is 0 Å². The predicted molar refractivity (Wildman–Crippen MR) is 90.9 cm³/mol. The second-order valence-electron chi connectivity index (χ2n) is 4.54. The number of rotatable bonds is 2. The molecule has 1 fully saturated rings. The van der Waals surface area contributed by atoms with Crippen LogP contribution in [0.2, 0.25) is 0 Å². The monoisotopic (exact) mass is 324 g/mol. The smallest absolute Gasteiger partial charge is 0.257 e. The van der Waals surface area contributed by atoms with Gasteiger partial charge in [-0.15, -0.1) is 23.5 Å². The Morgan fingerprint density at radius 1 is 1.15 bits per heavy atom. The van der Waals surface area contributed by atoms with Crippen LogP contribution in [0.25, 0.3) is 0 Å². The van der Waals surface area contributed by atoms with Crippen LogP contribution in [0.4, 0.5) is 0 Å². The van der Waals surface area contributed by atoms with Gasteiger partial charge < -0.3 is 5.32 Å². The third kappa shape index (κ3) is 3.54. The van der Waals surface area contributed by atoms with Crippen LogP contribution in [-0.4, -0.2) is 34.9 Å². The molecule has 3 rings (SSSR count). The number of benzene rings is 1. The van der Waals surface area contributed by atoms with Gasteiger partial charge >= 0.3 is 0 Å². The molecule has 0 radical (unpaired) electrons. The minimum atomic E-state index is -0.0614. The summed E-state index contributed by atoms with van der Waals surface area (Å²) in [7, 11) is 0. The lowest BCUT2D eigenvalue weighted by molar-refractivity contribution is 0.0978. The summed E-state index contributed by atoms with van der Waals surface area (Å²) in [5, 5.41) is 3.61. The number of nitrogens with zero attached hydrogens (tertiary/aromatic N) is 1. The minimum Gasteiger partial charge on any atom is -0.301 e. The van der Waals surface area contributed by atoms with E-state index in [0.29, 0.717) is 10.1 Å². The van der Waals surface area contributed by atoms with E-state index in [4.69, 9.17) is 0 Å². The van der Waals surface area contributed by atoms with E-state index in [2.05, 4.69) is 22.4 Å². The standard InChI is InChI=1S/C14H16N2OS3/c17-12(16-14-15-6-9-20-14)10-2-4-11(5-3-10)13-18-7-1-8-19-13/h2-5,13H,1,6-9H2,(H,15,16,17). The van der Waals surface area contributed by atoms with Crippen molar-refractivity contribution in [2.45, 2.75) is 11.0 Å². The molecule has 1 amide bonds. The Morgan fingerprint density at radius 3 is 2.55 bits per heavy atom. The summed E-state index contributed by atoms with van der Waals surface area (Å²) in [6, 6.07) is 7.99. The first-order valence-electron chi connectivity index (χ1n) is 6.65. The van der Waals surface area contributed by atoms with E-state index in [1.807, 2.05) is 35.7 Å². The van der Waals surface area contributed by atoms with E-state index in [1.165, 1.54) is 23.5 Å². The van der Waals surface area contributed by atoms with E-state index in [9.17, 15) is 4.79 Å². The van der Waals surface area contributed by atoms with E-state index >= 15 is 0 Å². The van der Waals surface area contributed by atoms with Gasteiger partial charge in [0.1, 0.15) is 0 Å². The van der Waals surface area contributed by atoms with Crippen LogP contribution >= 0.6 is 35.3 Å². The fourth-order valence-corrected chi connectivity index (χ4v) is 5.67. The van der Waals surface area contributed by atoms with Crippen molar-refractivity contribution in [3.8, 4) is 0 Å². The molecule has 3 nitrogen and oxygen atoms in total. The molecule has 6 heteroatoms. The zero-order valence-corrected chi connectivity index (χ0v) is 13.5. The molecule has 0 bridgehead atoms. The summed E-state index contributed by atoms with van der Waals surface area (Å²) in [5.41, 5.74) is 2.01. The topological polar surface area (TPSA) is 41.5 Å². The molecule has 2 aliphatic rings. The quantitative estimate of drug-likeness (QED) is 0.905. The van der Waals surface area contributed by atoms with Gasteiger partial charge in [-0.1, -0.05) is 23.9 Å². The van der Waals surface area contributed by atoms with E-state index in [1.54, 1.807) is 11.8 Å². The Bertz CT molecular complexity index is 510. The molecule has 0 aromatic heterocycles. The molecule has 1 aromatic carbocycles. The molecular formula is C14H16N2OS3. The van der Waals surface area contributed by atoms with Crippen molar-refractivity contribution in [1.82, 2.24) is 5.32 Å². The van der Waals surface area contributed by atoms with E-state index in [0.717, 1.165) is 17.5 Å². The molecule has 0 spiro atoms. The van der Waals surface area contributed by atoms with Crippen LogP contribution < -0.4 is 5.32 Å². The summed E-state index contributed by atoms with van der Waals surface area (Å²) < 4.78 is 0.524. The summed E-state index contributed by atoms with van der Waals surface area (Å²) >= 11 is 5.60. The first-order valence-corrected chi connectivity index (χ1v) is 9.73. The number of hydrogen-bond acceptors (Lipinski definition) is 5. The lowest BCUT2D eigenvalue weighted by Gasteiger charge is -2.21. The van der Waals surface area contributed by atoms with Gasteiger partial charge in [0, 0.05) is 11.3 Å². The molecule has 106 valence electrons. The third-order valence-corrected chi connectivity index (χ3v) is 6.98. The molecule has 20 heavy (non-hydrogen) atoms. The van der Waals surface area contributed by atoms with Crippen molar-refractivity contribution < 1.29 is 4.79 Å². The highest BCUT2D eigenvalue weighted by molar-refractivity contribution is 8.16. The van der Waals surface area contributed by atoms with Crippen LogP contribution in [0.1, 0.15) is 26.9 Å². The molecule has 0 unspecified atom stereocenters. The number of amides is 1. The number of hydrogen-bond donors (Lipinski definition) is 1. The first kappa shape index (κ1) is 14.4. The van der Waals surface area contributed by atoms with Crippen molar-refractivity contribution in [2.75, 3.05) is 23.8 Å². The Balaban J connectivity index is 1.64. The van der Waals surface area contributed by atoms with Crippen LogP contribution in [0.15, 0.2) is 29.3 Å². The maximum atomic E-state index is 12.1. The zero-order valence-electron chi connectivity index (χ0n) is 11.0. The van der Waals surface area contributed by atoms with Crippen molar-refractivity contribution in [3.05, 3.63) is 35.4 Å². The number of aliphatic imine (C=N–C) groups is 1. The second-order valence-corrected chi connectivity index (χ2v) is 8.35. The molecule has 0 aliphatic carbocycles. The average molecular weight is 324 g/mol. The molecule has 1 saturated heterocycles. The fraction of sp³-hybridized carbons (Fsp3) is 0.429. The van der Waals surface area contributed by atoms with Crippen LogP contribution in [0, 0.1) is 0 Å². The number of thioether (sulfide) groups is 3. The van der Waals surface area contributed by atoms with Gasteiger partial charge in [-0.25, -0.2) is 0 Å². The molecule has 1 aromatic rings. The van der Waals surface area contributed by atoms with Gasteiger partial charge in [0.15, 0.2) is 5.17 Å². The molecule has 0 atom stereocenters. The molecule has 0 saturated carbocycles. The van der Waals surface area contributed by atoms with E-state index in [-0.39, 0.29) is 5.91 Å². The maximum absolute atomic E-state index is 12.1. The highest BCUT2D eigenvalue weighted by Crippen LogP contribution is 2.43. The summed E-state index contributed by atoms with van der Waals surface area (Å²) in [5.74, 6) is 3.37. The summed E-state index contributed by atoms with van der Waals surface area (Å²) in [4.78, 5) is 16.3. The van der Waals surface area contributed by atoms with Crippen LogP contribution in [0.5, 0.6) is 0 Å². The van der Waals surface area contributed by atoms with Gasteiger partial charge in [-0.2, -0.15) is 0 Å². The van der Waals surface area contributed by atoms with Crippen LogP contribution in [0.3, 0.4) is 0 Å². The number of carbonyl (C=O) groups is 1. The summed E-state index contributed by atoms with van der Waals surface area (Å²) in [6.45, 7) is 0.801. The normalized spacial score (nSPS) is 19.7. The van der Waals surface area contributed by atoms with Gasteiger partial charge in [0.2, 0.25) is 0 Å². The largest absolute Gasteiger partial charge is 0.301 e. The predicted octanol–water partition coefficient (Wildman–Crippen LogP) is 3.39. The Hall–Kier alpha value is -0.590. The Kier molecular flexibility index (Phi) is 4.96. The van der Waals surface area contributed by atoms with Crippen LogP contribution in [-0.2, 0) is 0 Å². The van der Waals surface area contributed by atoms with Crippen molar-refractivity contribution in [1.29, 1.82) is 0 Å². The van der Waals surface area contributed by atoms with Gasteiger partial charge in [0.05, 0.1) is 11.1 Å². The highest BCUT2D eigenvalue weighted by Gasteiger charge is 2.17. The van der Waals surface area contributed by atoms with Gasteiger partial charge in [0.25, 0.3) is 5.91 Å². The summed E-state index contributed by atoms with van der Waals surface area (Å²) in [6.07, 6.45) is 1.30. The number of carbonyl (C=O) groups excluding carboxylic acids is 1. The molecule has 2 heterocycles. The first-order chi connectivity index (χ1) is 9.83. The second kappa shape index (κ2) is 6.91. The molecular weight excluding hydrogens is 308 g/mol. The highest BCUT2D eigenvalue weighted by atomic mass is 32.2. The SMILES string of the molecule is O=C(NC1=NCCS1)c1ccc(C2SCCCS2)cc1. The minimum absolute atomic E-state index is 0.0614. The molecule has 1 N–H and O–H groups in total. The third-order valence-electron chi connectivity index (χ3n) is 3.08. The number of nitrogens with one attached hydrogen (secondary N) is 1. The maximum Gasteiger partial charge on any atom is 0.257 e. The average Bonchev–Trinajstić information content (AvgIpc) is 3.01. The Morgan fingerprint density at radius 2 is 1.90 bits per heavy atom. The van der Waals surface area contributed by atoms with Gasteiger partial charge in [-0.05, 0) is 35.6 Å². The lowest BCUT2D eigenvalue weighted by atomic mass is 10.1. The van der Waals surface area contributed by atoms with Crippen molar-refractivity contribution in [2.24, 2.45) is 4.99 Å². The molecule has 2 aliphatic heterocycles. The van der Waals surface area contributed by atoms with Gasteiger partial charge in [-0.3, -0.25) is 9.79 Å². The number of amidine groups is 1. The Labute approximate surface area is 131 Å².